The van der Waals surface area contributed by atoms with Gasteiger partial charge >= 0.3 is 5.97 Å². The summed E-state index contributed by atoms with van der Waals surface area (Å²) >= 11 is 0. The highest BCUT2D eigenvalue weighted by Gasteiger charge is 2.22. The molecule has 0 aliphatic heterocycles. The molecule has 0 radical (unpaired) electrons. The van der Waals surface area contributed by atoms with Crippen molar-refractivity contribution in [3.05, 3.63) is 71.4 Å². The molecule has 0 aliphatic carbocycles. The van der Waals surface area contributed by atoms with Crippen LogP contribution >= 0.6 is 0 Å². The summed E-state index contributed by atoms with van der Waals surface area (Å²) in [6, 6.07) is 17.6. The first-order valence-corrected chi connectivity index (χ1v) is 8.14. The molecule has 0 amide bonds. The molecule has 0 saturated heterocycles. The molecular weight excluding hydrogens is 316 g/mol. The summed E-state index contributed by atoms with van der Waals surface area (Å²) in [7, 11) is 1.82. The van der Waals surface area contributed by atoms with E-state index in [1.54, 1.807) is 4.90 Å². The third-order valence-electron chi connectivity index (χ3n) is 4.01. The molecule has 1 heterocycles. The lowest BCUT2D eigenvalue weighted by Gasteiger charge is -2.16. The molecule has 1 aromatic heterocycles. The van der Waals surface area contributed by atoms with E-state index in [9.17, 15) is 9.90 Å². The van der Waals surface area contributed by atoms with Crippen molar-refractivity contribution in [1.29, 1.82) is 0 Å². The van der Waals surface area contributed by atoms with Crippen molar-refractivity contribution >= 4 is 11.8 Å². The monoisotopic (exact) mass is 336 g/mol. The van der Waals surface area contributed by atoms with Gasteiger partial charge in [0.05, 0.1) is 5.69 Å². The zero-order valence-corrected chi connectivity index (χ0v) is 14.3. The highest BCUT2D eigenvalue weighted by Crippen LogP contribution is 2.21. The van der Waals surface area contributed by atoms with Gasteiger partial charge in [0.1, 0.15) is 0 Å². The number of carboxylic acids is 1. The van der Waals surface area contributed by atoms with Gasteiger partial charge in [0.15, 0.2) is 5.82 Å². The minimum Gasteiger partial charge on any atom is -0.476 e. The Morgan fingerprint density at radius 3 is 2.44 bits per heavy atom. The Hall–Kier alpha value is -3.15. The Kier molecular flexibility index (Phi) is 4.79. The Bertz CT molecular complexity index is 874. The molecule has 0 bridgehead atoms. The van der Waals surface area contributed by atoms with Crippen LogP contribution in [-0.4, -0.2) is 33.1 Å². The first-order valence-electron chi connectivity index (χ1n) is 8.14. The molecule has 3 rings (SSSR count). The second kappa shape index (κ2) is 7.17. The number of rotatable bonds is 6. The van der Waals surface area contributed by atoms with E-state index in [0.29, 0.717) is 12.4 Å². The maximum atomic E-state index is 11.6. The molecule has 6 heteroatoms. The maximum absolute atomic E-state index is 11.6. The normalized spacial score (nSPS) is 10.6. The summed E-state index contributed by atoms with van der Waals surface area (Å²) in [4.78, 5) is 14.9. The number of aryl methyl sites for hydroxylation is 1. The number of carbonyl (C=O) groups is 1. The average molecular weight is 336 g/mol. The van der Waals surface area contributed by atoms with Gasteiger partial charge in [-0.1, -0.05) is 55.5 Å². The van der Waals surface area contributed by atoms with Crippen LogP contribution in [0.15, 0.2) is 54.6 Å². The number of carboxylic acid groups (broad SMARTS) is 1. The number of benzene rings is 2. The molecule has 3 aromatic rings. The molecule has 0 spiro atoms. The number of nitrogens with zero attached hydrogens (tertiary/aromatic N) is 4. The Morgan fingerprint density at radius 2 is 1.76 bits per heavy atom. The van der Waals surface area contributed by atoms with Crippen molar-refractivity contribution in [3.63, 3.8) is 0 Å². The third-order valence-corrected chi connectivity index (χ3v) is 4.01. The van der Waals surface area contributed by atoms with E-state index in [-0.39, 0.29) is 5.69 Å². The van der Waals surface area contributed by atoms with Crippen molar-refractivity contribution in [3.8, 4) is 5.69 Å². The zero-order valence-electron chi connectivity index (χ0n) is 14.3. The molecule has 128 valence electrons. The van der Waals surface area contributed by atoms with E-state index in [1.807, 2.05) is 68.6 Å². The van der Waals surface area contributed by atoms with E-state index in [0.717, 1.165) is 23.2 Å². The van der Waals surface area contributed by atoms with E-state index >= 15 is 0 Å². The van der Waals surface area contributed by atoms with Crippen LogP contribution in [0.5, 0.6) is 0 Å². The van der Waals surface area contributed by atoms with Gasteiger partial charge in [0, 0.05) is 13.6 Å². The van der Waals surface area contributed by atoms with Crippen molar-refractivity contribution < 1.29 is 9.90 Å². The predicted octanol–water partition coefficient (Wildman–Crippen LogP) is 3.16. The number of aromatic carboxylic acids is 1. The summed E-state index contributed by atoms with van der Waals surface area (Å²) in [5, 5.41) is 18.2. The van der Waals surface area contributed by atoms with Crippen molar-refractivity contribution in [2.24, 2.45) is 0 Å². The first kappa shape index (κ1) is 16.7. The van der Waals surface area contributed by atoms with Gasteiger partial charge in [-0.25, -0.2) is 4.79 Å². The SMILES string of the molecule is CCc1ccccc1-n1nc(C(=O)O)c(N(C)Cc2ccccc2)n1. The minimum absolute atomic E-state index is 0.0515. The fraction of sp³-hybridized carbons (Fsp3) is 0.211. The lowest BCUT2D eigenvalue weighted by Crippen LogP contribution is -2.19. The molecular formula is C19H20N4O2. The molecule has 1 N–H and O–H groups in total. The molecule has 0 atom stereocenters. The van der Waals surface area contributed by atoms with E-state index in [2.05, 4.69) is 10.2 Å². The standard InChI is InChI=1S/C19H20N4O2/c1-3-15-11-7-8-12-16(15)23-20-17(19(24)25)18(21-23)22(2)13-14-9-5-4-6-10-14/h4-12H,3,13H2,1-2H3,(H,24,25). The summed E-state index contributed by atoms with van der Waals surface area (Å²) in [5.74, 6) is -0.739. The number of hydrogen-bond acceptors (Lipinski definition) is 4. The van der Waals surface area contributed by atoms with Crippen molar-refractivity contribution in [2.75, 3.05) is 11.9 Å². The van der Waals surface area contributed by atoms with Crippen molar-refractivity contribution in [1.82, 2.24) is 15.0 Å². The highest BCUT2D eigenvalue weighted by atomic mass is 16.4. The minimum atomic E-state index is -1.09. The molecule has 0 saturated carbocycles. The summed E-state index contributed by atoms with van der Waals surface area (Å²) in [5.41, 5.74) is 2.88. The average Bonchev–Trinajstić information content (AvgIpc) is 3.08. The highest BCUT2D eigenvalue weighted by molar-refractivity contribution is 5.91. The van der Waals surface area contributed by atoms with Crippen LogP contribution < -0.4 is 4.90 Å². The molecule has 2 aromatic carbocycles. The number of aromatic nitrogens is 3. The van der Waals surface area contributed by atoms with Gasteiger partial charge in [0.2, 0.25) is 5.69 Å². The first-order chi connectivity index (χ1) is 12.1. The van der Waals surface area contributed by atoms with Crippen LogP contribution in [0.3, 0.4) is 0 Å². The van der Waals surface area contributed by atoms with Gasteiger partial charge < -0.3 is 10.0 Å². The predicted molar refractivity (Wildman–Crippen MR) is 96.2 cm³/mol. The van der Waals surface area contributed by atoms with Crippen molar-refractivity contribution in [2.45, 2.75) is 19.9 Å². The van der Waals surface area contributed by atoms with Crippen LogP contribution in [0, 0.1) is 0 Å². The van der Waals surface area contributed by atoms with Crippen LogP contribution in [0.2, 0.25) is 0 Å². The molecule has 0 aliphatic rings. The van der Waals surface area contributed by atoms with E-state index < -0.39 is 5.97 Å². The van der Waals surface area contributed by atoms with Gasteiger partial charge in [-0.15, -0.1) is 15.0 Å². The molecule has 0 fully saturated rings. The van der Waals surface area contributed by atoms with Gasteiger partial charge in [0.25, 0.3) is 0 Å². The van der Waals surface area contributed by atoms with Crippen LogP contribution in [-0.2, 0) is 13.0 Å². The number of anilines is 1. The van der Waals surface area contributed by atoms with Crippen LogP contribution in [0.1, 0.15) is 28.5 Å². The van der Waals surface area contributed by atoms with Gasteiger partial charge in [-0.2, -0.15) is 0 Å². The van der Waals surface area contributed by atoms with Gasteiger partial charge in [-0.3, -0.25) is 0 Å². The second-order valence-electron chi connectivity index (χ2n) is 5.79. The van der Waals surface area contributed by atoms with E-state index in [4.69, 9.17) is 0 Å². The molecule has 0 unspecified atom stereocenters. The fourth-order valence-electron chi connectivity index (χ4n) is 2.74. The zero-order chi connectivity index (χ0) is 17.8. The lowest BCUT2D eigenvalue weighted by molar-refractivity contribution is 0.0690. The summed E-state index contributed by atoms with van der Waals surface area (Å²) < 4.78 is 0. The van der Waals surface area contributed by atoms with E-state index in [1.165, 1.54) is 4.80 Å². The lowest BCUT2D eigenvalue weighted by atomic mass is 10.1. The van der Waals surface area contributed by atoms with Crippen LogP contribution in [0.4, 0.5) is 5.82 Å². The number of para-hydroxylation sites is 1. The summed E-state index contributed by atoms with van der Waals surface area (Å²) in [6.45, 7) is 2.60. The Balaban J connectivity index is 1.99. The molecule has 6 nitrogen and oxygen atoms in total. The smallest absolute Gasteiger partial charge is 0.360 e. The Morgan fingerprint density at radius 1 is 1.08 bits per heavy atom. The van der Waals surface area contributed by atoms with Gasteiger partial charge in [-0.05, 0) is 23.6 Å². The second-order valence-corrected chi connectivity index (χ2v) is 5.79. The van der Waals surface area contributed by atoms with Crippen LogP contribution in [0.25, 0.3) is 5.69 Å². The third kappa shape index (κ3) is 3.52. The molecule has 25 heavy (non-hydrogen) atoms. The topological polar surface area (TPSA) is 71.2 Å². The number of hydrogen-bond donors (Lipinski definition) is 1. The Labute approximate surface area is 146 Å². The maximum Gasteiger partial charge on any atom is 0.360 e. The largest absolute Gasteiger partial charge is 0.476 e. The fourth-order valence-corrected chi connectivity index (χ4v) is 2.74. The summed E-state index contributed by atoms with van der Waals surface area (Å²) in [6.07, 6.45) is 0.815. The quantitative estimate of drug-likeness (QED) is 0.748.